The van der Waals surface area contributed by atoms with Crippen LogP contribution in [0.25, 0.3) is 0 Å². The Labute approximate surface area is 238 Å². The lowest BCUT2D eigenvalue weighted by atomic mass is 9.92. The van der Waals surface area contributed by atoms with Crippen LogP contribution in [0.4, 0.5) is 0 Å². The molecule has 0 aliphatic carbocycles. The molecule has 222 valence electrons. The van der Waals surface area contributed by atoms with Gasteiger partial charge in [0.25, 0.3) is 0 Å². The van der Waals surface area contributed by atoms with Gasteiger partial charge in [0.15, 0.2) is 29.9 Å². The van der Waals surface area contributed by atoms with E-state index >= 15 is 0 Å². The highest BCUT2D eigenvalue weighted by atomic mass is 16.6. The molecule has 0 N–H and O–H groups in total. The molecule has 3 rings (SSSR count). The molecule has 11 nitrogen and oxygen atoms in total. The summed E-state index contributed by atoms with van der Waals surface area (Å²) in [4.78, 5) is 62.1. The highest BCUT2D eigenvalue weighted by Gasteiger charge is 2.54. The molecular formula is C30H36O11. The molecular weight excluding hydrogens is 536 g/mol. The van der Waals surface area contributed by atoms with E-state index in [-0.39, 0.29) is 19.6 Å². The maximum Gasteiger partial charge on any atom is 0.303 e. The number of esters is 3. The van der Waals surface area contributed by atoms with E-state index in [0.717, 1.165) is 12.5 Å². The van der Waals surface area contributed by atoms with Gasteiger partial charge in [0.1, 0.15) is 18.8 Å². The van der Waals surface area contributed by atoms with Crippen LogP contribution in [-0.4, -0.2) is 78.3 Å². The zero-order valence-electron chi connectivity index (χ0n) is 23.6. The molecule has 1 fully saturated rings. The third kappa shape index (κ3) is 8.91. The molecule has 1 saturated heterocycles. The third-order valence-corrected chi connectivity index (χ3v) is 6.52. The van der Waals surface area contributed by atoms with Gasteiger partial charge in [-0.05, 0) is 31.1 Å². The Morgan fingerprint density at radius 3 is 2.32 bits per heavy atom. The van der Waals surface area contributed by atoms with Gasteiger partial charge in [-0.3, -0.25) is 24.0 Å². The maximum atomic E-state index is 13.8. The number of carbonyl (C=O) groups is 5. The van der Waals surface area contributed by atoms with Crippen molar-refractivity contribution in [2.75, 3.05) is 6.61 Å². The second-order valence-corrected chi connectivity index (χ2v) is 10.1. The lowest BCUT2D eigenvalue weighted by molar-refractivity contribution is -0.187. The SMILES string of the molecule is C=CCC1(C)C=CC(=O)[C@@H]([C@@H](OC(C)=O)[C@@H]2O[C@H](C[C@H](COC(C)=O)OC(C)=O)[C@H](OCc3ccccc3)C2=O)O1. The van der Waals surface area contributed by atoms with Crippen molar-refractivity contribution in [2.24, 2.45) is 0 Å². The van der Waals surface area contributed by atoms with Crippen molar-refractivity contribution >= 4 is 29.5 Å². The first-order valence-electron chi connectivity index (χ1n) is 13.3. The van der Waals surface area contributed by atoms with Gasteiger partial charge in [0.2, 0.25) is 0 Å². The van der Waals surface area contributed by atoms with Crippen LogP contribution < -0.4 is 0 Å². The second kappa shape index (κ2) is 14.3. The lowest BCUT2D eigenvalue weighted by Crippen LogP contribution is -2.53. The Morgan fingerprint density at radius 2 is 1.71 bits per heavy atom. The average Bonchev–Trinajstić information content (AvgIpc) is 3.21. The molecule has 0 bridgehead atoms. The number of Topliss-reactive ketones (excluding diaryl/α,β-unsaturated/α-hetero) is 1. The van der Waals surface area contributed by atoms with Gasteiger partial charge in [-0.25, -0.2) is 0 Å². The van der Waals surface area contributed by atoms with Crippen LogP contribution in [0, 0.1) is 0 Å². The van der Waals surface area contributed by atoms with Gasteiger partial charge in [0.05, 0.1) is 18.3 Å². The number of benzene rings is 1. The fraction of sp³-hybridized carbons (Fsp3) is 0.500. The average molecular weight is 573 g/mol. The maximum absolute atomic E-state index is 13.8. The molecule has 1 aromatic rings. The lowest BCUT2D eigenvalue weighted by Gasteiger charge is -2.37. The highest BCUT2D eigenvalue weighted by molar-refractivity contribution is 5.97. The molecule has 0 spiro atoms. The Balaban J connectivity index is 1.93. The van der Waals surface area contributed by atoms with Gasteiger partial charge in [0, 0.05) is 27.2 Å². The van der Waals surface area contributed by atoms with Crippen molar-refractivity contribution < 1.29 is 52.4 Å². The number of ketones is 2. The largest absolute Gasteiger partial charge is 0.462 e. The monoisotopic (exact) mass is 572 g/mol. The number of hydrogen-bond donors (Lipinski definition) is 0. The van der Waals surface area contributed by atoms with Crippen molar-refractivity contribution in [1.29, 1.82) is 0 Å². The van der Waals surface area contributed by atoms with Gasteiger partial charge in [-0.1, -0.05) is 36.4 Å². The first-order chi connectivity index (χ1) is 19.4. The minimum atomic E-state index is -1.44. The molecule has 41 heavy (non-hydrogen) atoms. The summed E-state index contributed by atoms with van der Waals surface area (Å²) >= 11 is 0. The van der Waals surface area contributed by atoms with Gasteiger partial charge < -0.3 is 28.4 Å². The van der Waals surface area contributed by atoms with Gasteiger partial charge in [-0.15, -0.1) is 6.58 Å². The molecule has 1 aromatic carbocycles. The topological polar surface area (TPSA) is 141 Å². The summed E-state index contributed by atoms with van der Waals surface area (Å²) in [6, 6.07) is 9.11. The van der Waals surface area contributed by atoms with Crippen molar-refractivity contribution in [3.05, 3.63) is 60.7 Å². The van der Waals surface area contributed by atoms with Crippen LogP contribution >= 0.6 is 0 Å². The fourth-order valence-corrected chi connectivity index (χ4v) is 4.74. The number of rotatable bonds is 13. The summed E-state index contributed by atoms with van der Waals surface area (Å²) in [5.41, 5.74) is -0.153. The molecule has 2 aliphatic heterocycles. The highest BCUT2D eigenvalue weighted by Crippen LogP contribution is 2.34. The van der Waals surface area contributed by atoms with Crippen LogP contribution in [0.1, 0.15) is 46.1 Å². The van der Waals surface area contributed by atoms with Crippen molar-refractivity contribution in [1.82, 2.24) is 0 Å². The Bertz CT molecular complexity index is 1160. The fourth-order valence-electron chi connectivity index (χ4n) is 4.74. The molecule has 11 heteroatoms. The van der Waals surface area contributed by atoms with E-state index < -0.39 is 71.7 Å². The quantitative estimate of drug-likeness (QED) is 0.196. The summed E-state index contributed by atoms with van der Waals surface area (Å²) < 4.78 is 34.0. The minimum Gasteiger partial charge on any atom is -0.462 e. The van der Waals surface area contributed by atoms with Crippen molar-refractivity contribution in [3.8, 4) is 0 Å². The zero-order chi connectivity index (χ0) is 30.2. The van der Waals surface area contributed by atoms with Gasteiger partial charge in [-0.2, -0.15) is 0 Å². The summed E-state index contributed by atoms with van der Waals surface area (Å²) in [5, 5.41) is 0. The summed E-state index contributed by atoms with van der Waals surface area (Å²) in [5.74, 6) is -3.05. The van der Waals surface area contributed by atoms with Crippen LogP contribution in [0.5, 0.6) is 0 Å². The number of carbonyl (C=O) groups excluding carboxylic acids is 5. The van der Waals surface area contributed by atoms with E-state index in [2.05, 4.69) is 6.58 Å². The summed E-state index contributed by atoms with van der Waals surface area (Å²) in [6.45, 7) is 8.78. The van der Waals surface area contributed by atoms with Crippen LogP contribution in [-0.2, 0) is 59.0 Å². The van der Waals surface area contributed by atoms with E-state index in [1.807, 2.05) is 30.3 Å². The van der Waals surface area contributed by atoms with Crippen molar-refractivity contribution in [3.63, 3.8) is 0 Å². The number of hydrogen-bond acceptors (Lipinski definition) is 11. The predicted octanol–water partition coefficient (Wildman–Crippen LogP) is 2.58. The zero-order valence-corrected chi connectivity index (χ0v) is 23.6. The first-order valence-corrected chi connectivity index (χ1v) is 13.3. The van der Waals surface area contributed by atoms with E-state index in [9.17, 15) is 24.0 Å². The number of ether oxygens (including phenoxy) is 6. The molecule has 1 unspecified atom stereocenters. The Hall–Kier alpha value is -3.67. The van der Waals surface area contributed by atoms with Crippen molar-refractivity contribution in [2.45, 2.75) is 89.4 Å². The molecule has 0 radical (unpaired) electrons. The standard InChI is InChI=1S/C30H36O11/c1-6-13-30(5)14-12-23(34)26(41-30)29(39-20(4)33)28-25(35)27(37-16-21-10-8-7-9-11-21)24(40-28)15-22(38-19(3)32)17-36-18(2)31/h6-12,14,22,24,26-29H,1,13,15-17H2,2-5H3/t22-,24-,26+,27+,28-,29-,30?/m1/s1. The normalized spacial score (nSPS) is 27.1. The third-order valence-electron chi connectivity index (χ3n) is 6.52. The molecule has 0 amide bonds. The predicted molar refractivity (Wildman–Crippen MR) is 143 cm³/mol. The van der Waals surface area contributed by atoms with E-state index in [1.54, 1.807) is 19.1 Å². The van der Waals surface area contributed by atoms with E-state index in [0.29, 0.717) is 6.42 Å². The Kier molecular flexibility index (Phi) is 11.1. The molecule has 2 aliphatic rings. The summed E-state index contributed by atoms with van der Waals surface area (Å²) in [7, 11) is 0. The minimum absolute atomic E-state index is 0.0449. The van der Waals surface area contributed by atoms with Crippen LogP contribution in [0.3, 0.4) is 0 Å². The second-order valence-electron chi connectivity index (χ2n) is 10.1. The van der Waals surface area contributed by atoms with Crippen LogP contribution in [0.15, 0.2) is 55.1 Å². The van der Waals surface area contributed by atoms with E-state index in [1.165, 1.54) is 19.9 Å². The van der Waals surface area contributed by atoms with Gasteiger partial charge >= 0.3 is 17.9 Å². The molecule has 0 aromatic heterocycles. The molecule has 7 atom stereocenters. The smallest absolute Gasteiger partial charge is 0.303 e. The molecule has 0 saturated carbocycles. The first kappa shape index (κ1) is 31.9. The van der Waals surface area contributed by atoms with E-state index in [4.69, 9.17) is 28.4 Å². The molecule has 2 heterocycles. The van der Waals surface area contributed by atoms with Crippen LogP contribution in [0.2, 0.25) is 0 Å². The summed E-state index contributed by atoms with van der Waals surface area (Å²) in [6.07, 6.45) is -2.59. The Morgan fingerprint density at radius 1 is 1.02 bits per heavy atom.